The van der Waals surface area contributed by atoms with E-state index < -0.39 is 0 Å². The van der Waals surface area contributed by atoms with Crippen molar-refractivity contribution in [2.24, 2.45) is 0 Å². The molecule has 2 heterocycles. The van der Waals surface area contributed by atoms with Gasteiger partial charge in [-0.25, -0.2) is 0 Å². The normalized spacial score (nSPS) is 21.8. The van der Waals surface area contributed by atoms with Crippen LogP contribution in [0.15, 0.2) is 29.6 Å². The maximum Gasteiger partial charge on any atom is 0.255 e. The molecule has 1 aliphatic carbocycles. The third-order valence-electron chi connectivity index (χ3n) is 4.54. The molecular weight excluding hydrogens is 280 g/mol. The lowest BCUT2D eigenvalue weighted by Crippen LogP contribution is -2.42. The van der Waals surface area contributed by atoms with Gasteiger partial charge in [0.15, 0.2) is 0 Å². The molecule has 1 aliphatic heterocycles. The molecule has 110 valence electrons. The molecule has 4 heteroatoms. The van der Waals surface area contributed by atoms with Crippen molar-refractivity contribution in [2.45, 2.75) is 37.8 Å². The second kappa shape index (κ2) is 5.43. The van der Waals surface area contributed by atoms with Gasteiger partial charge >= 0.3 is 0 Å². The van der Waals surface area contributed by atoms with E-state index in [1.165, 1.54) is 30.4 Å². The quantitative estimate of drug-likeness (QED) is 0.940. The van der Waals surface area contributed by atoms with Crippen LogP contribution >= 0.6 is 11.3 Å². The molecule has 1 saturated heterocycles. The SMILES string of the molecule is O=C(c1csc2ccccc12)N(CC1CCCN1)C1CC1. The highest BCUT2D eigenvalue weighted by molar-refractivity contribution is 7.17. The Bertz CT molecular complexity index is 656. The average Bonchev–Trinajstić information content (AvgIpc) is 3.05. The maximum absolute atomic E-state index is 13.0. The van der Waals surface area contributed by atoms with Crippen LogP contribution in [0.5, 0.6) is 0 Å². The van der Waals surface area contributed by atoms with Crippen molar-refractivity contribution in [3.63, 3.8) is 0 Å². The molecule has 3 nitrogen and oxygen atoms in total. The van der Waals surface area contributed by atoms with Gasteiger partial charge in [-0.15, -0.1) is 11.3 Å². The number of hydrogen-bond donors (Lipinski definition) is 1. The van der Waals surface area contributed by atoms with Gasteiger partial charge in [-0.3, -0.25) is 4.79 Å². The monoisotopic (exact) mass is 300 g/mol. The highest BCUT2D eigenvalue weighted by Gasteiger charge is 2.35. The Morgan fingerprint density at radius 2 is 2.14 bits per heavy atom. The summed E-state index contributed by atoms with van der Waals surface area (Å²) in [6.45, 7) is 1.96. The fourth-order valence-corrected chi connectivity index (χ4v) is 4.17. The van der Waals surface area contributed by atoms with E-state index in [2.05, 4.69) is 22.3 Å². The molecule has 2 aromatic rings. The van der Waals surface area contributed by atoms with Crippen molar-refractivity contribution in [1.82, 2.24) is 10.2 Å². The number of nitrogens with one attached hydrogen (secondary N) is 1. The van der Waals surface area contributed by atoms with Crippen LogP contribution in [0.2, 0.25) is 0 Å². The van der Waals surface area contributed by atoms with Crippen molar-refractivity contribution in [3.05, 3.63) is 35.2 Å². The number of carbonyl (C=O) groups is 1. The van der Waals surface area contributed by atoms with Crippen LogP contribution in [0, 0.1) is 0 Å². The first-order chi connectivity index (χ1) is 10.3. The lowest BCUT2D eigenvalue weighted by molar-refractivity contribution is 0.0731. The lowest BCUT2D eigenvalue weighted by atomic mass is 10.1. The molecule has 2 aliphatic rings. The van der Waals surface area contributed by atoms with Gasteiger partial charge in [0.1, 0.15) is 0 Å². The van der Waals surface area contributed by atoms with Crippen molar-refractivity contribution in [1.29, 1.82) is 0 Å². The van der Waals surface area contributed by atoms with E-state index in [1.807, 2.05) is 17.5 Å². The maximum atomic E-state index is 13.0. The van der Waals surface area contributed by atoms with Gasteiger partial charge in [-0.05, 0) is 38.3 Å². The Balaban J connectivity index is 1.61. The second-order valence-electron chi connectivity index (χ2n) is 6.13. The van der Waals surface area contributed by atoms with Crippen LogP contribution in [-0.2, 0) is 0 Å². The molecule has 1 saturated carbocycles. The van der Waals surface area contributed by atoms with Gasteiger partial charge in [0.05, 0.1) is 5.56 Å². The van der Waals surface area contributed by atoms with E-state index >= 15 is 0 Å². The smallest absolute Gasteiger partial charge is 0.255 e. The zero-order valence-electron chi connectivity index (χ0n) is 12.0. The number of rotatable bonds is 4. The molecule has 1 amide bonds. The molecule has 0 spiro atoms. The number of benzene rings is 1. The molecule has 1 aromatic carbocycles. The number of hydrogen-bond acceptors (Lipinski definition) is 3. The summed E-state index contributed by atoms with van der Waals surface area (Å²) in [5.74, 6) is 0.226. The predicted molar refractivity (Wildman–Crippen MR) is 86.9 cm³/mol. The summed E-state index contributed by atoms with van der Waals surface area (Å²) >= 11 is 1.67. The predicted octanol–water partition coefficient (Wildman–Crippen LogP) is 3.26. The Morgan fingerprint density at radius 3 is 2.90 bits per heavy atom. The summed E-state index contributed by atoms with van der Waals surface area (Å²) in [7, 11) is 0. The first-order valence-electron chi connectivity index (χ1n) is 7.83. The summed E-state index contributed by atoms with van der Waals surface area (Å²) in [5, 5.41) is 6.66. The standard InChI is InChI=1S/C17H20N2OS/c20-17(15-11-21-16-6-2-1-5-14(15)16)19(13-7-8-13)10-12-4-3-9-18-12/h1-2,5-6,11-13,18H,3-4,7-10H2. The number of thiophene rings is 1. The van der Waals surface area contributed by atoms with Crippen molar-refractivity contribution < 1.29 is 4.79 Å². The van der Waals surface area contributed by atoms with E-state index in [9.17, 15) is 4.79 Å². The Labute approximate surface area is 128 Å². The van der Waals surface area contributed by atoms with E-state index in [0.717, 1.165) is 24.0 Å². The van der Waals surface area contributed by atoms with E-state index in [1.54, 1.807) is 11.3 Å². The molecule has 1 N–H and O–H groups in total. The van der Waals surface area contributed by atoms with Crippen molar-refractivity contribution in [3.8, 4) is 0 Å². The lowest BCUT2D eigenvalue weighted by Gasteiger charge is -2.25. The summed E-state index contributed by atoms with van der Waals surface area (Å²) in [6.07, 6.45) is 4.76. The summed E-state index contributed by atoms with van der Waals surface area (Å²) in [6, 6.07) is 9.17. The number of fused-ring (bicyclic) bond motifs is 1. The summed E-state index contributed by atoms with van der Waals surface area (Å²) in [4.78, 5) is 15.1. The first kappa shape index (κ1) is 13.3. The van der Waals surface area contributed by atoms with Gasteiger partial charge in [-0.1, -0.05) is 18.2 Å². The van der Waals surface area contributed by atoms with Crippen LogP contribution in [-0.4, -0.2) is 36.0 Å². The van der Waals surface area contributed by atoms with Gasteiger partial charge in [0.2, 0.25) is 0 Å². The van der Waals surface area contributed by atoms with Gasteiger partial charge < -0.3 is 10.2 Å². The minimum absolute atomic E-state index is 0.226. The Morgan fingerprint density at radius 1 is 1.29 bits per heavy atom. The van der Waals surface area contributed by atoms with E-state index in [0.29, 0.717) is 12.1 Å². The summed E-state index contributed by atoms with van der Waals surface area (Å²) < 4.78 is 1.20. The summed E-state index contributed by atoms with van der Waals surface area (Å²) in [5.41, 5.74) is 0.889. The molecule has 0 radical (unpaired) electrons. The number of nitrogens with zero attached hydrogens (tertiary/aromatic N) is 1. The first-order valence-corrected chi connectivity index (χ1v) is 8.71. The molecule has 2 fully saturated rings. The van der Waals surface area contributed by atoms with Crippen LogP contribution in [0.3, 0.4) is 0 Å². The zero-order chi connectivity index (χ0) is 14.2. The van der Waals surface area contributed by atoms with Crippen LogP contribution in [0.4, 0.5) is 0 Å². The minimum Gasteiger partial charge on any atom is -0.334 e. The molecule has 1 unspecified atom stereocenters. The average molecular weight is 300 g/mol. The van der Waals surface area contributed by atoms with E-state index in [-0.39, 0.29) is 5.91 Å². The highest BCUT2D eigenvalue weighted by atomic mass is 32.1. The molecule has 4 rings (SSSR count). The largest absolute Gasteiger partial charge is 0.334 e. The fourth-order valence-electron chi connectivity index (χ4n) is 3.23. The zero-order valence-corrected chi connectivity index (χ0v) is 12.9. The minimum atomic E-state index is 0.226. The van der Waals surface area contributed by atoms with Gasteiger partial charge in [-0.2, -0.15) is 0 Å². The number of carbonyl (C=O) groups excluding carboxylic acids is 1. The molecule has 21 heavy (non-hydrogen) atoms. The Hall–Kier alpha value is -1.39. The second-order valence-corrected chi connectivity index (χ2v) is 7.04. The van der Waals surface area contributed by atoms with Crippen molar-refractivity contribution in [2.75, 3.05) is 13.1 Å². The fraction of sp³-hybridized carbons (Fsp3) is 0.471. The van der Waals surface area contributed by atoms with Crippen LogP contribution in [0.1, 0.15) is 36.0 Å². The van der Waals surface area contributed by atoms with E-state index in [4.69, 9.17) is 0 Å². The third kappa shape index (κ3) is 2.58. The van der Waals surface area contributed by atoms with Crippen molar-refractivity contribution >= 4 is 27.3 Å². The van der Waals surface area contributed by atoms with Crippen LogP contribution < -0.4 is 5.32 Å². The third-order valence-corrected chi connectivity index (χ3v) is 5.50. The molecular formula is C17H20N2OS. The highest BCUT2D eigenvalue weighted by Crippen LogP contribution is 2.32. The van der Waals surface area contributed by atoms with Crippen LogP contribution in [0.25, 0.3) is 10.1 Å². The topological polar surface area (TPSA) is 32.3 Å². The van der Waals surface area contributed by atoms with Gasteiger partial charge in [0, 0.05) is 34.1 Å². The Kier molecular flexibility index (Phi) is 3.43. The molecule has 1 atom stereocenters. The number of amides is 1. The molecule has 0 bridgehead atoms. The molecule has 1 aromatic heterocycles. The van der Waals surface area contributed by atoms with Gasteiger partial charge in [0.25, 0.3) is 5.91 Å².